The van der Waals surface area contributed by atoms with E-state index < -0.39 is 5.97 Å². The van der Waals surface area contributed by atoms with Crippen molar-refractivity contribution in [2.75, 3.05) is 7.05 Å². The van der Waals surface area contributed by atoms with Gasteiger partial charge in [0.05, 0.1) is 10.6 Å². The molecule has 0 radical (unpaired) electrons. The number of aromatic hydroxyl groups is 1. The lowest BCUT2D eigenvalue weighted by Gasteiger charge is -2.07. The minimum atomic E-state index is -1.22. The summed E-state index contributed by atoms with van der Waals surface area (Å²) in [6.07, 6.45) is 5.03. The van der Waals surface area contributed by atoms with Crippen LogP contribution < -0.4 is 0 Å². The maximum absolute atomic E-state index is 12.3. The number of amides is 1. The number of carbonyl (C=O) groups is 2. The molecule has 0 saturated carbocycles. The van der Waals surface area contributed by atoms with Crippen molar-refractivity contribution in [1.82, 2.24) is 9.88 Å². The van der Waals surface area contributed by atoms with Gasteiger partial charge in [-0.3, -0.25) is 14.7 Å². The van der Waals surface area contributed by atoms with Gasteiger partial charge in [0, 0.05) is 25.5 Å². The number of pyridine rings is 1. The Balaban J connectivity index is 1.89. The van der Waals surface area contributed by atoms with E-state index in [4.69, 9.17) is 5.11 Å². The third-order valence-corrected chi connectivity index (χ3v) is 4.48. The molecule has 0 atom stereocenters. The van der Waals surface area contributed by atoms with Gasteiger partial charge in [-0.1, -0.05) is 6.07 Å². The van der Waals surface area contributed by atoms with Gasteiger partial charge in [0.25, 0.3) is 5.91 Å². The molecular weight excluding hydrogens is 342 g/mol. The van der Waals surface area contributed by atoms with Crippen molar-refractivity contribution < 1.29 is 19.8 Å². The molecule has 1 aliphatic heterocycles. The van der Waals surface area contributed by atoms with Gasteiger partial charge in [-0.25, -0.2) is 9.79 Å². The molecule has 1 aliphatic rings. The number of hydrogen-bond donors (Lipinski definition) is 2. The van der Waals surface area contributed by atoms with Gasteiger partial charge in [-0.15, -0.1) is 0 Å². The van der Waals surface area contributed by atoms with E-state index in [0.29, 0.717) is 15.8 Å². The number of nitrogens with zero attached hydrogens (tertiary/aromatic N) is 3. The van der Waals surface area contributed by atoms with Crippen molar-refractivity contribution in [3.63, 3.8) is 0 Å². The van der Waals surface area contributed by atoms with Crippen molar-refractivity contribution in [1.29, 1.82) is 0 Å². The minimum Gasteiger partial charge on any atom is -0.507 e. The molecule has 126 valence electrons. The first kappa shape index (κ1) is 16.7. The van der Waals surface area contributed by atoms with E-state index in [1.165, 1.54) is 34.9 Å². The number of benzene rings is 1. The van der Waals surface area contributed by atoms with Crippen molar-refractivity contribution in [2.24, 2.45) is 4.99 Å². The fourth-order valence-corrected chi connectivity index (χ4v) is 3.13. The molecule has 2 N–H and O–H groups in total. The molecule has 0 aliphatic carbocycles. The number of carboxylic acids is 1. The van der Waals surface area contributed by atoms with Crippen LogP contribution in [0.15, 0.2) is 52.6 Å². The van der Waals surface area contributed by atoms with Gasteiger partial charge in [-0.05, 0) is 41.6 Å². The number of aliphatic imine (C=N–C) groups is 1. The SMILES string of the molecule is CN1C(=O)/C(=C/c2cccnc2)SC1=Nc1ccc(C(=O)O)c(O)c1. The Morgan fingerprint density at radius 3 is 2.80 bits per heavy atom. The molecular formula is C17H13N3O4S. The van der Waals surface area contributed by atoms with Crippen LogP contribution in [0, 0.1) is 0 Å². The number of amidine groups is 1. The van der Waals surface area contributed by atoms with Crippen molar-refractivity contribution >= 4 is 40.6 Å². The average Bonchev–Trinajstić information content (AvgIpc) is 2.84. The molecule has 3 rings (SSSR count). The number of rotatable bonds is 3. The normalized spacial score (nSPS) is 17.5. The molecule has 7 nitrogen and oxygen atoms in total. The Bertz CT molecular complexity index is 909. The molecule has 0 unspecified atom stereocenters. The molecule has 2 heterocycles. The number of thioether (sulfide) groups is 1. The highest BCUT2D eigenvalue weighted by Crippen LogP contribution is 2.34. The lowest BCUT2D eigenvalue weighted by atomic mass is 10.2. The molecule has 0 bridgehead atoms. The zero-order chi connectivity index (χ0) is 18.0. The van der Waals surface area contributed by atoms with Crippen LogP contribution in [0.2, 0.25) is 0 Å². The fraction of sp³-hybridized carbons (Fsp3) is 0.0588. The van der Waals surface area contributed by atoms with Crippen LogP contribution in [0.25, 0.3) is 6.08 Å². The molecule has 1 saturated heterocycles. The summed E-state index contributed by atoms with van der Waals surface area (Å²) >= 11 is 1.19. The standard InChI is InChI=1S/C17H13N3O4S/c1-20-15(22)14(7-10-3-2-6-18-9-10)25-17(20)19-11-4-5-12(16(23)24)13(21)8-11/h2-9,21H,1H3,(H,23,24)/b14-7-,19-17?. The highest BCUT2D eigenvalue weighted by molar-refractivity contribution is 8.18. The summed E-state index contributed by atoms with van der Waals surface area (Å²) in [4.78, 5) is 33.5. The Kier molecular flexibility index (Phi) is 4.53. The molecule has 25 heavy (non-hydrogen) atoms. The van der Waals surface area contributed by atoms with Crippen molar-refractivity contribution in [3.05, 3.63) is 58.8 Å². The van der Waals surface area contributed by atoms with Gasteiger partial charge in [0.2, 0.25) is 0 Å². The van der Waals surface area contributed by atoms with Crippen LogP contribution in [0.4, 0.5) is 5.69 Å². The van der Waals surface area contributed by atoms with Crippen molar-refractivity contribution in [3.8, 4) is 5.75 Å². The maximum atomic E-state index is 12.3. The van der Waals surface area contributed by atoms with E-state index in [-0.39, 0.29) is 17.2 Å². The fourth-order valence-electron chi connectivity index (χ4n) is 2.15. The number of aromatic nitrogens is 1. The van der Waals surface area contributed by atoms with Crippen LogP contribution in [-0.2, 0) is 4.79 Å². The predicted molar refractivity (Wildman–Crippen MR) is 94.7 cm³/mol. The maximum Gasteiger partial charge on any atom is 0.339 e. The summed E-state index contributed by atoms with van der Waals surface area (Å²) in [5, 5.41) is 19.1. The average molecular weight is 355 g/mol. The molecule has 1 fully saturated rings. The van der Waals surface area contributed by atoms with E-state index in [2.05, 4.69) is 9.98 Å². The quantitative estimate of drug-likeness (QED) is 0.821. The molecule has 8 heteroatoms. The number of hydrogen-bond acceptors (Lipinski definition) is 6. The molecule has 1 aromatic carbocycles. The Morgan fingerprint density at radius 2 is 2.16 bits per heavy atom. The van der Waals surface area contributed by atoms with Crippen molar-refractivity contribution in [2.45, 2.75) is 0 Å². The first-order chi connectivity index (χ1) is 12.0. The van der Waals surface area contributed by atoms with E-state index in [0.717, 1.165) is 5.56 Å². The summed E-state index contributed by atoms with van der Waals surface area (Å²) < 4.78 is 0. The van der Waals surface area contributed by atoms with Gasteiger partial charge >= 0.3 is 5.97 Å². The second-order valence-corrected chi connectivity index (χ2v) is 6.17. The molecule has 1 amide bonds. The second-order valence-electron chi connectivity index (χ2n) is 5.16. The van der Waals surface area contributed by atoms with Gasteiger partial charge in [0.15, 0.2) is 5.17 Å². The number of likely N-dealkylation sites (N-methyl/N-ethyl adjacent to an activating group) is 1. The zero-order valence-electron chi connectivity index (χ0n) is 13.1. The summed E-state index contributed by atoms with van der Waals surface area (Å²) in [5.74, 6) is -1.79. The van der Waals surface area contributed by atoms with Crippen LogP contribution in [0.5, 0.6) is 5.75 Å². The molecule has 0 spiro atoms. The highest BCUT2D eigenvalue weighted by Gasteiger charge is 2.30. The Labute approximate surface area is 147 Å². The van der Waals surface area contributed by atoms with Gasteiger partial charge < -0.3 is 10.2 Å². The number of carbonyl (C=O) groups excluding carboxylic acids is 1. The third-order valence-electron chi connectivity index (χ3n) is 3.42. The minimum absolute atomic E-state index is 0.195. The Morgan fingerprint density at radius 1 is 1.36 bits per heavy atom. The smallest absolute Gasteiger partial charge is 0.339 e. The zero-order valence-corrected chi connectivity index (χ0v) is 13.9. The number of aromatic carboxylic acids is 1. The number of phenols is 1. The highest BCUT2D eigenvalue weighted by atomic mass is 32.2. The van der Waals surface area contributed by atoms with Gasteiger partial charge in [-0.2, -0.15) is 0 Å². The summed E-state index contributed by atoms with van der Waals surface area (Å²) in [5.41, 5.74) is 0.952. The number of carboxylic acid groups (broad SMARTS) is 1. The second kappa shape index (κ2) is 6.78. The lowest BCUT2D eigenvalue weighted by molar-refractivity contribution is -0.121. The van der Waals surface area contributed by atoms with Crippen LogP contribution in [0.1, 0.15) is 15.9 Å². The monoisotopic (exact) mass is 355 g/mol. The predicted octanol–water partition coefficient (Wildman–Crippen LogP) is 2.72. The summed E-state index contributed by atoms with van der Waals surface area (Å²) in [6.45, 7) is 0. The van der Waals surface area contributed by atoms with E-state index in [9.17, 15) is 14.7 Å². The Hall–Kier alpha value is -3.13. The van der Waals surface area contributed by atoms with Crippen LogP contribution in [-0.4, -0.2) is 44.2 Å². The van der Waals surface area contributed by atoms with Crippen LogP contribution in [0.3, 0.4) is 0 Å². The van der Waals surface area contributed by atoms with E-state index >= 15 is 0 Å². The van der Waals surface area contributed by atoms with E-state index in [1.54, 1.807) is 31.6 Å². The third kappa shape index (κ3) is 3.53. The first-order valence-corrected chi connectivity index (χ1v) is 8.00. The lowest BCUT2D eigenvalue weighted by Crippen LogP contribution is -2.23. The van der Waals surface area contributed by atoms with E-state index in [1.807, 2.05) is 6.07 Å². The molecule has 1 aromatic heterocycles. The summed E-state index contributed by atoms with van der Waals surface area (Å²) in [6, 6.07) is 7.61. The topological polar surface area (TPSA) is 103 Å². The first-order valence-electron chi connectivity index (χ1n) is 7.18. The van der Waals surface area contributed by atoms with Crippen LogP contribution >= 0.6 is 11.8 Å². The largest absolute Gasteiger partial charge is 0.507 e. The molecule has 2 aromatic rings. The summed E-state index contributed by atoms with van der Waals surface area (Å²) in [7, 11) is 1.60. The van der Waals surface area contributed by atoms with Gasteiger partial charge in [0.1, 0.15) is 11.3 Å².